The highest BCUT2D eigenvalue weighted by molar-refractivity contribution is 5.80. The molecule has 31 heavy (non-hydrogen) atoms. The molecule has 1 aromatic rings. The molecule has 2 heterocycles. The van der Waals surface area contributed by atoms with E-state index in [2.05, 4.69) is 15.1 Å². The Morgan fingerprint density at radius 3 is 2.61 bits per heavy atom. The molecule has 1 unspecified atom stereocenters. The molecule has 3 rings (SSSR count). The van der Waals surface area contributed by atoms with Crippen LogP contribution in [0.2, 0.25) is 0 Å². The van der Waals surface area contributed by atoms with Crippen molar-refractivity contribution in [1.29, 1.82) is 0 Å². The normalized spacial score (nSPS) is 19.3. The minimum atomic E-state index is -0.313. The standard InChI is InChI=1S/C22H34FN5O3/c1-3-24-22(25-16-18(2)31-20-6-4-5-19(23)15-20)28-9-7-26(8-10-28)17-21(29)27-11-13-30-14-12-27/h4-6,15,18H,3,7-14,16-17H2,1-2H3,(H,24,25). The second-order valence-electron chi connectivity index (χ2n) is 7.84. The van der Waals surface area contributed by atoms with E-state index in [1.54, 1.807) is 12.1 Å². The van der Waals surface area contributed by atoms with Gasteiger partial charge >= 0.3 is 0 Å². The molecule has 0 radical (unpaired) electrons. The largest absolute Gasteiger partial charge is 0.489 e. The minimum absolute atomic E-state index is 0.178. The fourth-order valence-corrected chi connectivity index (χ4v) is 3.67. The topological polar surface area (TPSA) is 69.6 Å². The maximum absolute atomic E-state index is 13.3. The van der Waals surface area contributed by atoms with Crippen LogP contribution >= 0.6 is 0 Å². The van der Waals surface area contributed by atoms with Crippen LogP contribution in [0.15, 0.2) is 29.3 Å². The maximum atomic E-state index is 13.3. The quantitative estimate of drug-likeness (QED) is 0.510. The molecular weight excluding hydrogens is 401 g/mol. The highest BCUT2D eigenvalue weighted by atomic mass is 19.1. The van der Waals surface area contributed by atoms with Crippen molar-refractivity contribution >= 4 is 11.9 Å². The summed E-state index contributed by atoms with van der Waals surface area (Å²) < 4.78 is 24.4. The van der Waals surface area contributed by atoms with Crippen molar-refractivity contribution in [2.24, 2.45) is 4.99 Å². The van der Waals surface area contributed by atoms with E-state index in [0.29, 0.717) is 45.1 Å². The van der Waals surface area contributed by atoms with Gasteiger partial charge in [-0.3, -0.25) is 9.69 Å². The lowest BCUT2D eigenvalue weighted by Gasteiger charge is -2.37. The number of rotatable bonds is 7. The van der Waals surface area contributed by atoms with Crippen LogP contribution in [0, 0.1) is 5.82 Å². The Morgan fingerprint density at radius 2 is 1.94 bits per heavy atom. The molecule has 2 aliphatic heterocycles. The number of benzene rings is 1. The van der Waals surface area contributed by atoms with Crippen LogP contribution in [-0.4, -0.2) is 105 Å². The Balaban J connectivity index is 1.47. The second kappa shape index (κ2) is 11.9. The fourth-order valence-electron chi connectivity index (χ4n) is 3.67. The van der Waals surface area contributed by atoms with Crippen LogP contribution in [-0.2, 0) is 9.53 Å². The first-order chi connectivity index (χ1) is 15.0. The van der Waals surface area contributed by atoms with Gasteiger partial charge in [0.2, 0.25) is 5.91 Å². The van der Waals surface area contributed by atoms with Crippen molar-refractivity contribution in [3.63, 3.8) is 0 Å². The highest BCUT2D eigenvalue weighted by Crippen LogP contribution is 2.14. The maximum Gasteiger partial charge on any atom is 0.236 e. The van der Waals surface area contributed by atoms with E-state index in [9.17, 15) is 9.18 Å². The summed E-state index contributed by atoms with van der Waals surface area (Å²) in [5.41, 5.74) is 0. The summed E-state index contributed by atoms with van der Waals surface area (Å²) in [4.78, 5) is 23.5. The molecule has 1 amide bonds. The van der Waals surface area contributed by atoms with E-state index < -0.39 is 0 Å². The monoisotopic (exact) mass is 435 g/mol. The lowest BCUT2D eigenvalue weighted by atomic mass is 10.3. The SMILES string of the molecule is CCNC(=NCC(C)Oc1cccc(F)c1)N1CCN(CC(=O)N2CCOCC2)CC1. The Labute approximate surface area is 184 Å². The summed E-state index contributed by atoms with van der Waals surface area (Å²) in [6, 6.07) is 6.15. The summed E-state index contributed by atoms with van der Waals surface area (Å²) in [6.45, 7) is 11.5. The van der Waals surface area contributed by atoms with Gasteiger partial charge in [0.15, 0.2) is 5.96 Å². The third-order valence-corrected chi connectivity index (χ3v) is 5.36. The highest BCUT2D eigenvalue weighted by Gasteiger charge is 2.24. The summed E-state index contributed by atoms with van der Waals surface area (Å²) in [5.74, 6) is 1.22. The Morgan fingerprint density at radius 1 is 1.19 bits per heavy atom. The molecular formula is C22H34FN5O3. The third-order valence-electron chi connectivity index (χ3n) is 5.36. The lowest BCUT2D eigenvalue weighted by molar-refractivity contribution is -0.136. The van der Waals surface area contributed by atoms with Gasteiger partial charge in [0.1, 0.15) is 17.7 Å². The number of guanidine groups is 1. The van der Waals surface area contributed by atoms with Crippen molar-refractivity contribution in [2.75, 3.05) is 72.1 Å². The van der Waals surface area contributed by atoms with Gasteiger partial charge in [0, 0.05) is 51.9 Å². The summed E-state index contributed by atoms with van der Waals surface area (Å²) in [6.07, 6.45) is -0.178. The van der Waals surface area contributed by atoms with Crippen molar-refractivity contribution in [2.45, 2.75) is 20.0 Å². The van der Waals surface area contributed by atoms with Gasteiger partial charge in [-0.25, -0.2) is 9.38 Å². The molecule has 2 saturated heterocycles. The molecule has 8 nitrogen and oxygen atoms in total. The Bertz CT molecular complexity index is 734. The first-order valence-electron chi connectivity index (χ1n) is 11.1. The number of ether oxygens (including phenoxy) is 2. The van der Waals surface area contributed by atoms with Crippen LogP contribution in [0.3, 0.4) is 0 Å². The van der Waals surface area contributed by atoms with Crippen LogP contribution in [0.4, 0.5) is 4.39 Å². The van der Waals surface area contributed by atoms with Gasteiger partial charge in [0.05, 0.1) is 26.3 Å². The van der Waals surface area contributed by atoms with E-state index in [1.807, 2.05) is 18.7 Å². The summed E-state index contributed by atoms with van der Waals surface area (Å²) in [5, 5.41) is 3.34. The van der Waals surface area contributed by atoms with Gasteiger partial charge in [0.25, 0.3) is 0 Å². The molecule has 1 N–H and O–H groups in total. The summed E-state index contributed by atoms with van der Waals surface area (Å²) >= 11 is 0. The van der Waals surface area contributed by atoms with Gasteiger partial charge in [-0.15, -0.1) is 0 Å². The number of nitrogens with zero attached hydrogens (tertiary/aromatic N) is 4. The molecule has 0 saturated carbocycles. The predicted molar refractivity (Wildman–Crippen MR) is 118 cm³/mol. The zero-order valence-corrected chi connectivity index (χ0v) is 18.6. The molecule has 2 aliphatic rings. The molecule has 2 fully saturated rings. The number of piperazine rings is 1. The average molecular weight is 436 g/mol. The molecule has 0 bridgehead atoms. The first-order valence-corrected chi connectivity index (χ1v) is 11.1. The number of hydrogen-bond acceptors (Lipinski definition) is 5. The number of hydrogen-bond donors (Lipinski definition) is 1. The van der Waals surface area contributed by atoms with E-state index in [0.717, 1.165) is 38.7 Å². The number of carbonyl (C=O) groups is 1. The molecule has 172 valence electrons. The molecule has 9 heteroatoms. The predicted octanol–water partition coefficient (Wildman–Crippen LogP) is 1.03. The molecule has 0 aromatic heterocycles. The number of aliphatic imine (C=N–C) groups is 1. The lowest BCUT2D eigenvalue weighted by Crippen LogP contribution is -2.55. The second-order valence-corrected chi connectivity index (χ2v) is 7.84. The van der Waals surface area contributed by atoms with Crippen molar-refractivity contribution in [3.8, 4) is 5.75 Å². The van der Waals surface area contributed by atoms with Gasteiger partial charge < -0.3 is 24.6 Å². The van der Waals surface area contributed by atoms with Gasteiger partial charge in [-0.2, -0.15) is 0 Å². The molecule has 0 aliphatic carbocycles. The van der Waals surface area contributed by atoms with Crippen LogP contribution < -0.4 is 10.1 Å². The van der Waals surface area contributed by atoms with Crippen molar-refractivity contribution in [3.05, 3.63) is 30.1 Å². The Hall–Kier alpha value is -2.39. The Kier molecular flexibility index (Phi) is 8.90. The van der Waals surface area contributed by atoms with Gasteiger partial charge in [-0.05, 0) is 26.0 Å². The number of amides is 1. The molecule has 1 atom stereocenters. The first kappa shape index (κ1) is 23.3. The minimum Gasteiger partial charge on any atom is -0.489 e. The zero-order valence-electron chi connectivity index (χ0n) is 18.6. The smallest absolute Gasteiger partial charge is 0.236 e. The van der Waals surface area contributed by atoms with E-state index in [4.69, 9.17) is 14.5 Å². The fraction of sp³-hybridized carbons (Fsp3) is 0.636. The van der Waals surface area contributed by atoms with Crippen LogP contribution in [0.25, 0.3) is 0 Å². The molecule has 0 spiro atoms. The average Bonchev–Trinajstić information content (AvgIpc) is 2.78. The number of nitrogens with one attached hydrogen (secondary N) is 1. The molecule has 1 aromatic carbocycles. The number of carbonyl (C=O) groups excluding carboxylic acids is 1. The third kappa shape index (κ3) is 7.36. The van der Waals surface area contributed by atoms with Crippen LogP contribution in [0.1, 0.15) is 13.8 Å². The number of morpholine rings is 1. The van der Waals surface area contributed by atoms with Gasteiger partial charge in [-0.1, -0.05) is 6.07 Å². The van der Waals surface area contributed by atoms with E-state index in [-0.39, 0.29) is 17.8 Å². The van der Waals surface area contributed by atoms with Crippen LogP contribution in [0.5, 0.6) is 5.75 Å². The van der Waals surface area contributed by atoms with Crippen molar-refractivity contribution < 1.29 is 18.7 Å². The van der Waals surface area contributed by atoms with E-state index in [1.165, 1.54) is 12.1 Å². The van der Waals surface area contributed by atoms with E-state index >= 15 is 0 Å². The van der Waals surface area contributed by atoms with Crippen molar-refractivity contribution in [1.82, 2.24) is 20.0 Å². The summed E-state index contributed by atoms with van der Waals surface area (Å²) in [7, 11) is 0. The number of halogens is 1. The zero-order chi connectivity index (χ0) is 22.1.